The number of H-pyrrole nitrogens is 1. The zero-order valence-electron chi connectivity index (χ0n) is 7.52. The summed E-state index contributed by atoms with van der Waals surface area (Å²) in [7, 11) is 0. The van der Waals surface area contributed by atoms with Crippen LogP contribution in [0.25, 0.3) is 10.9 Å². The van der Waals surface area contributed by atoms with Gasteiger partial charge in [0.1, 0.15) is 0 Å². The third kappa shape index (κ3) is 1.41. The molecule has 0 aliphatic carbocycles. The number of hydrogen-bond acceptors (Lipinski definition) is 3. The van der Waals surface area contributed by atoms with Crippen molar-refractivity contribution < 1.29 is 14.7 Å². The van der Waals surface area contributed by atoms with Crippen molar-refractivity contribution in [2.75, 3.05) is 0 Å². The molecule has 0 saturated carbocycles. The summed E-state index contributed by atoms with van der Waals surface area (Å²) in [4.78, 5) is 21.6. The van der Waals surface area contributed by atoms with E-state index >= 15 is 0 Å². The molecule has 2 rings (SSSR count). The first-order valence-electron chi connectivity index (χ1n) is 4.11. The fraction of sp³-hybridized carbons (Fsp3) is 0. The van der Waals surface area contributed by atoms with Gasteiger partial charge in [-0.25, -0.2) is 4.79 Å². The van der Waals surface area contributed by atoms with Gasteiger partial charge in [-0.05, 0) is 18.2 Å². The molecule has 6 nitrogen and oxygen atoms in total. The number of carbonyl (C=O) groups excluding carboxylic acids is 1. The van der Waals surface area contributed by atoms with Gasteiger partial charge in [0.25, 0.3) is 5.91 Å². The third-order valence-corrected chi connectivity index (χ3v) is 2.04. The number of nitrogens with zero attached hydrogens (tertiary/aromatic N) is 1. The van der Waals surface area contributed by atoms with E-state index in [1.54, 1.807) is 0 Å². The molecule has 15 heavy (non-hydrogen) atoms. The summed E-state index contributed by atoms with van der Waals surface area (Å²) in [5.41, 5.74) is 5.80. The number of amides is 1. The number of aromatic nitrogens is 2. The number of benzene rings is 1. The van der Waals surface area contributed by atoms with Crippen molar-refractivity contribution in [1.82, 2.24) is 10.2 Å². The minimum Gasteiger partial charge on any atom is -0.478 e. The van der Waals surface area contributed by atoms with Crippen LogP contribution in [0.2, 0.25) is 0 Å². The molecule has 0 saturated heterocycles. The minimum atomic E-state index is -1.04. The fourth-order valence-electron chi connectivity index (χ4n) is 1.34. The van der Waals surface area contributed by atoms with Gasteiger partial charge < -0.3 is 10.8 Å². The number of carboxylic acid groups (broad SMARTS) is 1. The van der Waals surface area contributed by atoms with Gasteiger partial charge in [-0.15, -0.1) is 0 Å². The zero-order chi connectivity index (χ0) is 11.0. The highest BCUT2D eigenvalue weighted by Crippen LogP contribution is 2.17. The average molecular weight is 205 g/mol. The highest BCUT2D eigenvalue weighted by Gasteiger charge is 2.12. The Morgan fingerprint density at radius 3 is 2.73 bits per heavy atom. The third-order valence-electron chi connectivity index (χ3n) is 2.04. The van der Waals surface area contributed by atoms with Crippen LogP contribution in [-0.2, 0) is 0 Å². The Morgan fingerprint density at radius 1 is 1.40 bits per heavy atom. The zero-order valence-corrected chi connectivity index (χ0v) is 7.52. The Morgan fingerprint density at radius 2 is 2.13 bits per heavy atom. The second kappa shape index (κ2) is 3.09. The van der Waals surface area contributed by atoms with Crippen molar-refractivity contribution >= 4 is 22.8 Å². The quantitative estimate of drug-likeness (QED) is 0.657. The number of aromatic amines is 1. The topological polar surface area (TPSA) is 109 Å². The van der Waals surface area contributed by atoms with Crippen molar-refractivity contribution in [3.8, 4) is 0 Å². The lowest BCUT2D eigenvalue weighted by Gasteiger charge is -1.94. The Labute approximate surface area is 83.7 Å². The van der Waals surface area contributed by atoms with E-state index in [9.17, 15) is 9.59 Å². The number of carboxylic acids is 1. The standard InChI is InChI=1S/C9H7N3O3/c10-8(13)7-5-2-1-4(9(14)15)3-6(5)11-12-7/h1-3H,(H2,10,13)(H,11,12)(H,14,15). The van der Waals surface area contributed by atoms with E-state index in [0.29, 0.717) is 10.9 Å². The first kappa shape index (κ1) is 9.20. The predicted octanol–water partition coefficient (Wildman–Crippen LogP) is 0.360. The van der Waals surface area contributed by atoms with Gasteiger partial charge in [0.2, 0.25) is 0 Å². The van der Waals surface area contributed by atoms with Crippen molar-refractivity contribution in [3.63, 3.8) is 0 Å². The monoisotopic (exact) mass is 205 g/mol. The molecule has 0 fully saturated rings. The highest BCUT2D eigenvalue weighted by atomic mass is 16.4. The Kier molecular flexibility index (Phi) is 1.89. The van der Waals surface area contributed by atoms with E-state index in [1.165, 1.54) is 18.2 Å². The summed E-state index contributed by atoms with van der Waals surface area (Å²) in [6, 6.07) is 4.30. The van der Waals surface area contributed by atoms with Gasteiger partial charge in [0.05, 0.1) is 11.1 Å². The number of aromatic carboxylic acids is 1. The van der Waals surface area contributed by atoms with Gasteiger partial charge in [0.15, 0.2) is 5.69 Å². The molecule has 0 atom stereocenters. The van der Waals surface area contributed by atoms with E-state index in [0.717, 1.165) is 0 Å². The van der Waals surface area contributed by atoms with Crippen LogP contribution in [0.1, 0.15) is 20.8 Å². The lowest BCUT2D eigenvalue weighted by Crippen LogP contribution is -2.11. The number of nitrogens with one attached hydrogen (secondary N) is 1. The molecule has 76 valence electrons. The van der Waals surface area contributed by atoms with Crippen molar-refractivity contribution in [2.24, 2.45) is 5.73 Å². The molecular weight excluding hydrogens is 198 g/mol. The normalized spacial score (nSPS) is 10.4. The van der Waals surface area contributed by atoms with Gasteiger partial charge >= 0.3 is 5.97 Å². The van der Waals surface area contributed by atoms with Gasteiger partial charge in [0, 0.05) is 5.39 Å². The molecule has 1 amide bonds. The van der Waals surface area contributed by atoms with E-state index < -0.39 is 11.9 Å². The summed E-state index contributed by atoms with van der Waals surface area (Å²) >= 11 is 0. The maximum atomic E-state index is 10.9. The molecule has 0 radical (unpaired) electrons. The van der Waals surface area contributed by atoms with E-state index in [2.05, 4.69) is 10.2 Å². The molecule has 1 heterocycles. The molecule has 1 aromatic heterocycles. The van der Waals surface area contributed by atoms with Gasteiger partial charge in [-0.1, -0.05) is 0 Å². The molecule has 0 aliphatic heterocycles. The smallest absolute Gasteiger partial charge is 0.335 e. The lowest BCUT2D eigenvalue weighted by molar-refractivity contribution is 0.0697. The maximum Gasteiger partial charge on any atom is 0.335 e. The fourth-order valence-corrected chi connectivity index (χ4v) is 1.34. The average Bonchev–Trinajstić information content (AvgIpc) is 2.59. The van der Waals surface area contributed by atoms with E-state index in [1.807, 2.05) is 0 Å². The molecule has 4 N–H and O–H groups in total. The summed E-state index contributed by atoms with van der Waals surface area (Å²) in [6.07, 6.45) is 0. The van der Waals surface area contributed by atoms with Crippen LogP contribution >= 0.6 is 0 Å². The molecule has 6 heteroatoms. The van der Waals surface area contributed by atoms with Crippen LogP contribution in [0, 0.1) is 0 Å². The molecule has 1 aromatic carbocycles. The number of rotatable bonds is 2. The van der Waals surface area contributed by atoms with Crippen molar-refractivity contribution in [1.29, 1.82) is 0 Å². The van der Waals surface area contributed by atoms with Crippen LogP contribution in [0.3, 0.4) is 0 Å². The molecule has 0 bridgehead atoms. The molecule has 0 aliphatic rings. The Bertz CT molecular complexity index is 559. The SMILES string of the molecule is NC(=O)c1n[nH]c2cc(C(=O)O)ccc12. The Balaban J connectivity index is 2.66. The van der Waals surface area contributed by atoms with Crippen LogP contribution in [0.4, 0.5) is 0 Å². The first-order chi connectivity index (χ1) is 7.09. The molecule has 2 aromatic rings. The lowest BCUT2D eigenvalue weighted by atomic mass is 10.1. The van der Waals surface area contributed by atoms with Crippen LogP contribution in [0.15, 0.2) is 18.2 Å². The van der Waals surface area contributed by atoms with Crippen LogP contribution in [0.5, 0.6) is 0 Å². The molecule has 0 spiro atoms. The maximum absolute atomic E-state index is 10.9. The van der Waals surface area contributed by atoms with Crippen molar-refractivity contribution in [3.05, 3.63) is 29.5 Å². The number of carbonyl (C=O) groups is 2. The number of fused-ring (bicyclic) bond motifs is 1. The van der Waals surface area contributed by atoms with Crippen molar-refractivity contribution in [2.45, 2.75) is 0 Å². The number of primary amides is 1. The predicted molar refractivity (Wildman–Crippen MR) is 51.6 cm³/mol. The summed E-state index contributed by atoms with van der Waals surface area (Å²) in [5, 5.41) is 15.5. The van der Waals surface area contributed by atoms with E-state index in [4.69, 9.17) is 10.8 Å². The van der Waals surface area contributed by atoms with Crippen LogP contribution < -0.4 is 5.73 Å². The van der Waals surface area contributed by atoms with Gasteiger partial charge in [-0.3, -0.25) is 9.89 Å². The van der Waals surface area contributed by atoms with E-state index in [-0.39, 0.29) is 11.3 Å². The second-order valence-electron chi connectivity index (χ2n) is 3.00. The van der Waals surface area contributed by atoms with Crippen LogP contribution in [-0.4, -0.2) is 27.2 Å². The summed E-state index contributed by atoms with van der Waals surface area (Å²) in [5.74, 6) is -1.68. The second-order valence-corrected chi connectivity index (χ2v) is 3.00. The molecule has 0 unspecified atom stereocenters. The molecular formula is C9H7N3O3. The first-order valence-corrected chi connectivity index (χ1v) is 4.11. The Hall–Kier alpha value is -2.37. The minimum absolute atomic E-state index is 0.113. The van der Waals surface area contributed by atoms with Gasteiger partial charge in [-0.2, -0.15) is 5.10 Å². The summed E-state index contributed by atoms with van der Waals surface area (Å²) < 4.78 is 0. The highest BCUT2D eigenvalue weighted by molar-refractivity contribution is 6.05. The largest absolute Gasteiger partial charge is 0.478 e. The summed E-state index contributed by atoms with van der Waals surface area (Å²) in [6.45, 7) is 0. The number of hydrogen-bond donors (Lipinski definition) is 3. The number of nitrogens with two attached hydrogens (primary N) is 1.